The number of anilines is 1. The highest BCUT2D eigenvalue weighted by molar-refractivity contribution is 7.99. The summed E-state index contributed by atoms with van der Waals surface area (Å²) in [5.74, 6) is 1.51. The molecule has 1 N–H and O–H groups in total. The first kappa shape index (κ1) is 20.0. The molecule has 1 aromatic carbocycles. The molecule has 3 rings (SSSR count). The second-order valence-electron chi connectivity index (χ2n) is 6.45. The quantitative estimate of drug-likeness (QED) is 0.814. The lowest BCUT2D eigenvalue weighted by Crippen LogP contribution is -2.33. The van der Waals surface area contributed by atoms with Gasteiger partial charge in [0, 0.05) is 31.0 Å². The largest absolute Gasteiger partial charge is 0.468 e. The van der Waals surface area contributed by atoms with Crippen molar-refractivity contribution in [3.05, 3.63) is 47.9 Å². The van der Waals surface area contributed by atoms with Gasteiger partial charge in [-0.1, -0.05) is 6.92 Å². The average molecular weight is 409 g/mol. The van der Waals surface area contributed by atoms with Gasteiger partial charge in [-0.25, -0.2) is 8.42 Å². The number of nitrogens with one attached hydrogen (secondary N) is 1. The van der Waals surface area contributed by atoms with Gasteiger partial charge < -0.3 is 9.73 Å². The Morgan fingerprint density at radius 2 is 2.15 bits per heavy atom. The van der Waals surface area contributed by atoms with Gasteiger partial charge in [-0.15, -0.1) is 11.8 Å². The molecule has 0 radical (unpaired) electrons. The number of nitrogens with zero attached hydrogens (tertiary/aromatic N) is 1. The summed E-state index contributed by atoms with van der Waals surface area (Å²) in [6, 6.07) is 8.73. The third-order valence-corrected chi connectivity index (χ3v) is 7.91. The van der Waals surface area contributed by atoms with Gasteiger partial charge in [0.1, 0.15) is 5.76 Å². The summed E-state index contributed by atoms with van der Waals surface area (Å²) < 4.78 is 33.3. The van der Waals surface area contributed by atoms with Crippen molar-refractivity contribution in [2.75, 3.05) is 24.2 Å². The smallest absolute Gasteiger partial charge is 0.243 e. The van der Waals surface area contributed by atoms with Gasteiger partial charge in [-0.3, -0.25) is 4.79 Å². The van der Waals surface area contributed by atoms with Crippen LogP contribution in [-0.4, -0.2) is 37.5 Å². The summed E-state index contributed by atoms with van der Waals surface area (Å²) in [4.78, 5) is 11.8. The number of benzene rings is 1. The highest BCUT2D eigenvalue weighted by Crippen LogP contribution is 2.36. The third kappa shape index (κ3) is 4.56. The summed E-state index contributed by atoms with van der Waals surface area (Å²) in [5, 5.41) is 2.93. The number of carbonyl (C=O) groups is 1. The molecule has 1 aliphatic rings. The van der Waals surface area contributed by atoms with Crippen molar-refractivity contribution >= 4 is 33.4 Å². The lowest BCUT2D eigenvalue weighted by Gasteiger charge is -2.21. The molecule has 1 unspecified atom stereocenters. The molecule has 8 heteroatoms. The molecule has 27 heavy (non-hydrogen) atoms. The monoisotopic (exact) mass is 408 g/mol. The number of thioether (sulfide) groups is 1. The van der Waals surface area contributed by atoms with Gasteiger partial charge in [-0.05, 0) is 49.2 Å². The van der Waals surface area contributed by atoms with E-state index in [2.05, 4.69) is 5.32 Å². The number of aryl methyl sites for hydroxylation is 1. The van der Waals surface area contributed by atoms with Crippen molar-refractivity contribution in [3.8, 4) is 0 Å². The Labute approximate surface area is 164 Å². The molecule has 0 bridgehead atoms. The Morgan fingerprint density at radius 3 is 2.81 bits per heavy atom. The Hall–Kier alpha value is -1.77. The lowest BCUT2D eigenvalue weighted by molar-refractivity contribution is -0.115. The standard InChI is InChI=1S/C19H24N2O4S2/c1-3-19(22)20-15-6-7-18(14(2)13-15)27(23,24)21-9-8-17(26-12-10-21)16-5-4-11-25-16/h4-7,11,13,17H,3,8-10,12H2,1-2H3,(H,20,22). The van der Waals surface area contributed by atoms with E-state index < -0.39 is 10.0 Å². The molecule has 1 atom stereocenters. The first-order valence-electron chi connectivity index (χ1n) is 8.97. The second-order valence-corrected chi connectivity index (χ2v) is 9.67. The fraction of sp³-hybridized carbons (Fsp3) is 0.421. The zero-order valence-corrected chi connectivity index (χ0v) is 17.1. The SMILES string of the molecule is CCC(=O)Nc1ccc(S(=O)(=O)N2CCSC(c3ccco3)CC2)c(C)c1. The third-order valence-electron chi connectivity index (χ3n) is 4.56. The van der Waals surface area contributed by atoms with Crippen LogP contribution in [0.5, 0.6) is 0 Å². The topological polar surface area (TPSA) is 79.6 Å². The molecule has 2 aromatic rings. The van der Waals surface area contributed by atoms with Crippen LogP contribution in [0.2, 0.25) is 0 Å². The summed E-state index contributed by atoms with van der Waals surface area (Å²) in [6.07, 6.45) is 2.74. The Morgan fingerprint density at radius 1 is 1.33 bits per heavy atom. The van der Waals surface area contributed by atoms with E-state index in [-0.39, 0.29) is 11.2 Å². The number of hydrogen-bond donors (Lipinski definition) is 1. The number of sulfonamides is 1. The maximum atomic E-state index is 13.1. The maximum Gasteiger partial charge on any atom is 0.243 e. The van der Waals surface area contributed by atoms with Crippen molar-refractivity contribution in [2.24, 2.45) is 0 Å². The van der Waals surface area contributed by atoms with Crippen molar-refractivity contribution in [3.63, 3.8) is 0 Å². The molecule has 6 nitrogen and oxygen atoms in total. The number of hydrogen-bond acceptors (Lipinski definition) is 5. The highest BCUT2D eigenvalue weighted by atomic mass is 32.2. The van der Waals surface area contributed by atoms with Gasteiger partial charge in [0.15, 0.2) is 0 Å². The average Bonchev–Trinajstić information content (AvgIpc) is 3.05. The number of carbonyl (C=O) groups excluding carboxylic acids is 1. The van der Waals surface area contributed by atoms with Crippen molar-refractivity contribution in [1.29, 1.82) is 0 Å². The van der Waals surface area contributed by atoms with Crippen LogP contribution >= 0.6 is 11.8 Å². The second kappa shape index (κ2) is 8.50. The first-order valence-corrected chi connectivity index (χ1v) is 11.5. The van der Waals surface area contributed by atoms with E-state index in [0.29, 0.717) is 47.8 Å². The Bertz CT molecular complexity index is 894. The molecule has 1 saturated heterocycles. The predicted molar refractivity (Wildman–Crippen MR) is 107 cm³/mol. The Kier molecular flexibility index (Phi) is 6.29. The zero-order chi connectivity index (χ0) is 19.4. The van der Waals surface area contributed by atoms with Gasteiger partial charge in [0.2, 0.25) is 15.9 Å². The fourth-order valence-electron chi connectivity index (χ4n) is 3.10. The van der Waals surface area contributed by atoms with Crippen LogP contribution in [0.4, 0.5) is 5.69 Å². The molecule has 0 aliphatic carbocycles. The minimum atomic E-state index is -3.58. The molecule has 1 fully saturated rings. The van der Waals surface area contributed by atoms with Crippen LogP contribution in [-0.2, 0) is 14.8 Å². The number of rotatable bonds is 5. The van der Waals surface area contributed by atoms with Crippen LogP contribution in [0.15, 0.2) is 45.9 Å². The van der Waals surface area contributed by atoms with Crippen molar-refractivity contribution in [2.45, 2.75) is 36.8 Å². The highest BCUT2D eigenvalue weighted by Gasteiger charge is 2.30. The van der Waals surface area contributed by atoms with Crippen LogP contribution in [0.3, 0.4) is 0 Å². The van der Waals surface area contributed by atoms with Gasteiger partial charge in [-0.2, -0.15) is 4.31 Å². The summed E-state index contributed by atoms with van der Waals surface area (Å²) in [7, 11) is -3.58. The molecule has 146 valence electrons. The van der Waals surface area contributed by atoms with E-state index in [1.165, 1.54) is 0 Å². The minimum absolute atomic E-state index is 0.0986. The van der Waals surface area contributed by atoms with Crippen molar-refractivity contribution in [1.82, 2.24) is 4.31 Å². The van der Waals surface area contributed by atoms with E-state index in [4.69, 9.17) is 4.42 Å². The molecule has 0 saturated carbocycles. The molecule has 1 aliphatic heterocycles. The van der Waals surface area contributed by atoms with Crippen LogP contribution < -0.4 is 5.32 Å². The van der Waals surface area contributed by atoms with E-state index in [9.17, 15) is 13.2 Å². The summed E-state index contributed by atoms with van der Waals surface area (Å²) in [5.41, 5.74) is 1.24. The van der Waals surface area contributed by atoms with E-state index in [1.54, 1.807) is 54.4 Å². The molecular weight excluding hydrogens is 384 g/mol. The van der Waals surface area contributed by atoms with Crippen LogP contribution in [0.1, 0.15) is 36.3 Å². The molecule has 1 aromatic heterocycles. The van der Waals surface area contributed by atoms with Crippen molar-refractivity contribution < 1.29 is 17.6 Å². The fourth-order valence-corrected chi connectivity index (χ4v) is 6.06. The van der Waals surface area contributed by atoms with E-state index >= 15 is 0 Å². The lowest BCUT2D eigenvalue weighted by atomic mass is 10.2. The van der Waals surface area contributed by atoms with Crippen LogP contribution in [0.25, 0.3) is 0 Å². The summed E-state index contributed by atoms with van der Waals surface area (Å²) in [6.45, 7) is 4.45. The van der Waals surface area contributed by atoms with Gasteiger partial charge in [0.05, 0.1) is 16.4 Å². The molecular formula is C19H24N2O4S2. The molecule has 0 spiro atoms. The minimum Gasteiger partial charge on any atom is -0.468 e. The summed E-state index contributed by atoms with van der Waals surface area (Å²) >= 11 is 1.73. The molecule has 1 amide bonds. The normalized spacial score (nSPS) is 18.8. The van der Waals surface area contributed by atoms with Gasteiger partial charge >= 0.3 is 0 Å². The number of amides is 1. The zero-order valence-electron chi connectivity index (χ0n) is 15.5. The predicted octanol–water partition coefficient (Wildman–Crippen LogP) is 3.81. The van der Waals surface area contributed by atoms with Gasteiger partial charge in [0.25, 0.3) is 0 Å². The van der Waals surface area contributed by atoms with E-state index in [0.717, 1.165) is 5.76 Å². The number of furan rings is 1. The first-order chi connectivity index (χ1) is 12.9. The molecule has 2 heterocycles. The van der Waals surface area contributed by atoms with E-state index in [1.807, 2.05) is 12.1 Å². The maximum absolute atomic E-state index is 13.1. The Balaban J connectivity index is 1.76. The van der Waals surface area contributed by atoms with Crippen LogP contribution in [0, 0.1) is 6.92 Å².